The third-order valence-electron chi connectivity index (χ3n) is 3.39. The normalized spacial score (nSPS) is 44.3. The average Bonchev–Trinajstić information content (AvgIpc) is 2.71. The van der Waals surface area contributed by atoms with Crippen LogP contribution in [0.15, 0.2) is 0 Å². The van der Waals surface area contributed by atoms with Gasteiger partial charge in [-0.2, -0.15) is 0 Å². The molecule has 2 heterocycles. The van der Waals surface area contributed by atoms with Crippen LogP contribution in [0.4, 0.5) is 0 Å². The van der Waals surface area contributed by atoms with Crippen LogP contribution in [0.2, 0.25) is 0 Å². The van der Waals surface area contributed by atoms with E-state index in [0.717, 1.165) is 6.54 Å². The number of hydrogen-bond acceptors (Lipinski definition) is 2. The van der Waals surface area contributed by atoms with Gasteiger partial charge in [0.15, 0.2) is 5.78 Å². The summed E-state index contributed by atoms with van der Waals surface area (Å²) >= 11 is 0. The van der Waals surface area contributed by atoms with Crippen molar-refractivity contribution in [3.05, 3.63) is 0 Å². The molecule has 0 spiro atoms. The first kappa shape index (κ1) is 6.63. The number of rotatable bonds is 0. The van der Waals surface area contributed by atoms with E-state index in [1.54, 1.807) is 0 Å². The zero-order valence-electron chi connectivity index (χ0n) is 6.82. The molecular formula is C9H11NO2. The molecule has 0 radical (unpaired) electrons. The van der Waals surface area contributed by atoms with Crippen LogP contribution in [0.1, 0.15) is 19.3 Å². The second kappa shape index (κ2) is 1.90. The molecule has 2 saturated heterocycles. The maximum Gasteiger partial charge on any atom is 0.223 e. The Balaban J connectivity index is 1.94. The number of carbonyl (C=O) groups is 2. The molecule has 2 aliphatic heterocycles. The molecule has 1 saturated carbocycles. The highest BCUT2D eigenvalue weighted by molar-refractivity contribution is 5.96. The van der Waals surface area contributed by atoms with E-state index in [1.807, 2.05) is 4.90 Å². The van der Waals surface area contributed by atoms with Crippen molar-refractivity contribution in [2.45, 2.75) is 25.3 Å². The van der Waals surface area contributed by atoms with Gasteiger partial charge in [0.2, 0.25) is 5.91 Å². The highest BCUT2D eigenvalue weighted by atomic mass is 16.2. The predicted octanol–water partition coefficient (Wildman–Crippen LogP) is 0.196. The van der Waals surface area contributed by atoms with E-state index in [4.69, 9.17) is 0 Å². The fraction of sp³-hybridized carbons (Fsp3) is 0.778. The number of nitrogens with zero attached hydrogens (tertiary/aromatic N) is 1. The van der Waals surface area contributed by atoms with E-state index in [2.05, 4.69) is 0 Å². The number of carbonyl (C=O) groups excluding carboxylic acids is 2. The van der Waals surface area contributed by atoms with Crippen LogP contribution in [0.3, 0.4) is 0 Å². The van der Waals surface area contributed by atoms with Crippen molar-refractivity contribution in [2.75, 3.05) is 6.54 Å². The smallest absolute Gasteiger partial charge is 0.223 e. The molecule has 3 fully saturated rings. The van der Waals surface area contributed by atoms with E-state index in [0.29, 0.717) is 30.5 Å². The lowest BCUT2D eigenvalue weighted by Gasteiger charge is -2.30. The molecular weight excluding hydrogens is 154 g/mol. The molecule has 0 aromatic heterocycles. The second-order valence-corrected chi connectivity index (χ2v) is 4.12. The molecule has 3 heteroatoms. The Hall–Kier alpha value is -0.860. The lowest BCUT2D eigenvalue weighted by Crippen LogP contribution is -2.47. The number of piperidine rings is 2. The Kier molecular flexibility index (Phi) is 1.05. The molecule has 3 atom stereocenters. The topological polar surface area (TPSA) is 37.4 Å². The van der Waals surface area contributed by atoms with E-state index in [-0.39, 0.29) is 11.9 Å². The van der Waals surface area contributed by atoms with Crippen LogP contribution in [-0.2, 0) is 9.59 Å². The van der Waals surface area contributed by atoms with Crippen molar-refractivity contribution < 1.29 is 9.59 Å². The summed E-state index contributed by atoms with van der Waals surface area (Å²) in [5.41, 5.74) is 0. The number of Topliss-reactive ketones (excluding diaryl/α,β-unsaturated/α-hetero) is 1. The molecule has 1 amide bonds. The van der Waals surface area contributed by atoms with Gasteiger partial charge in [-0.1, -0.05) is 0 Å². The Labute approximate surface area is 70.7 Å². The van der Waals surface area contributed by atoms with Gasteiger partial charge in [-0.3, -0.25) is 9.59 Å². The van der Waals surface area contributed by atoms with Crippen molar-refractivity contribution in [2.24, 2.45) is 11.8 Å². The van der Waals surface area contributed by atoms with Gasteiger partial charge >= 0.3 is 0 Å². The van der Waals surface area contributed by atoms with Gasteiger partial charge < -0.3 is 4.90 Å². The molecule has 3 aliphatic rings. The molecule has 0 bridgehead atoms. The first-order chi connectivity index (χ1) is 5.77. The van der Waals surface area contributed by atoms with Gasteiger partial charge in [0.05, 0.1) is 6.04 Å². The minimum atomic E-state index is -0.00347. The quantitative estimate of drug-likeness (QED) is 0.514. The van der Waals surface area contributed by atoms with Gasteiger partial charge in [0, 0.05) is 19.4 Å². The van der Waals surface area contributed by atoms with Gasteiger partial charge in [0.1, 0.15) is 0 Å². The van der Waals surface area contributed by atoms with Crippen molar-refractivity contribution in [1.82, 2.24) is 4.90 Å². The maximum absolute atomic E-state index is 11.5. The highest BCUT2D eigenvalue weighted by Crippen LogP contribution is 2.51. The van der Waals surface area contributed by atoms with Crippen LogP contribution >= 0.6 is 0 Å². The second-order valence-electron chi connectivity index (χ2n) is 4.12. The van der Waals surface area contributed by atoms with Gasteiger partial charge in [-0.25, -0.2) is 0 Å². The molecule has 0 aromatic rings. The minimum absolute atomic E-state index is 0.00347. The lowest BCUT2D eigenvalue weighted by atomic mass is 9.98. The highest BCUT2D eigenvalue weighted by Gasteiger charge is 2.57. The summed E-state index contributed by atoms with van der Waals surface area (Å²) in [6.45, 7) is 0.861. The van der Waals surface area contributed by atoms with Gasteiger partial charge in [0.25, 0.3) is 0 Å². The molecule has 64 valence electrons. The minimum Gasteiger partial charge on any atom is -0.332 e. The summed E-state index contributed by atoms with van der Waals surface area (Å²) < 4.78 is 0. The molecule has 0 N–H and O–H groups in total. The van der Waals surface area contributed by atoms with Crippen LogP contribution in [0, 0.1) is 11.8 Å². The van der Waals surface area contributed by atoms with E-state index < -0.39 is 0 Å². The number of amides is 1. The fourth-order valence-electron chi connectivity index (χ4n) is 2.66. The largest absolute Gasteiger partial charge is 0.332 e. The third kappa shape index (κ3) is 0.667. The Morgan fingerprint density at radius 2 is 2.08 bits per heavy atom. The van der Waals surface area contributed by atoms with E-state index >= 15 is 0 Å². The summed E-state index contributed by atoms with van der Waals surface area (Å²) in [6.07, 6.45) is 2.12. The van der Waals surface area contributed by atoms with Crippen LogP contribution in [0.5, 0.6) is 0 Å². The average molecular weight is 165 g/mol. The maximum atomic E-state index is 11.5. The summed E-state index contributed by atoms with van der Waals surface area (Å²) in [4.78, 5) is 24.6. The fourth-order valence-corrected chi connectivity index (χ4v) is 2.66. The summed E-state index contributed by atoms with van der Waals surface area (Å²) in [6, 6.07) is -0.00347. The Bertz CT molecular complexity index is 274. The Morgan fingerprint density at radius 1 is 1.25 bits per heavy atom. The van der Waals surface area contributed by atoms with Crippen LogP contribution in [-0.4, -0.2) is 29.2 Å². The first-order valence-corrected chi connectivity index (χ1v) is 4.59. The van der Waals surface area contributed by atoms with Crippen LogP contribution in [0.25, 0.3) is 0 Å². The number of ketones is 1. The lowest BCUT2D eigenvalue weighted by molar-refractivity contribution is -0.144. The van der Waals surface area contributed by atoms with E-state index in [9.17, 15) is 9.59 Å². The summed E-state index contributed by atoms with van der Waals surface area (Å²) in [5, 5.41) is 0. The zero-order valence-corrected chi connectivity index (χ0v) is 6.82. The summed E-state index contributed by atoms with van der Waals surface area (Å²) in [7, 11) is 0. The molecule has 12 heavy (non-hydrogen) atoms. The number of fused-ring (bicyclic) bond motifs is 3. The molecule has 3 unspecified atom stereocenters. The van der Waals surface area contributed by atoms with Crippen molar-refractivity contribution in [3.63, 3.8) is 0 Å². The molecule has 3 rings (SSSR count). The molecule has 3 nitrogen and oxygen atoms in total. The third-order valence-corrected chi connectivity index (χ3v) is 3.39. The van der Waals surface area contributed by atoms with Crippen molar-refractivity contribution >= 4 is 11.7 Å². The Morgan fingerprint density at radius 3 is 2.83 bits per heavy atom. The van der Waals surface area contributed by atoms with Crippen molar-refractivity contribution in [1.29, 1.82) is 0 Å². The molecule has 0 aromatic carbocycles. The summed E-state index contributed by atoms with van der Waals surface area (Å²) in [5.74, 6) is 1.72. The predicted molar refractivity (Wildman–Crippen MR) is 41.3 cm³/mol. The van der Waals surface area contributed by atoms with Crippen LogP contribution < -0.4 is 0 Å². The van der Waals surface area contributed by atoms with E-state index in [1.165, 1.54) is 6.42 Å². The van der Waals surface area contributed by atoms with Gasteiger partial charge in [-0.15, -0.1) is 0 Å². The zero-order chi connectivity index (χ0) is 8.29. The molecule has 1 aliphatic carbocycles. The monoisotopic (exact) mass is 165 g/mol. The standard InChI is InChI=1S/C9H11NO2/c11-7-1-2-8(12)10-4-5-3-6(5)9(7)10/h5-6,9H,1-4H2. The SMILES string of the molecule is O=C1CCC(=O)N2CC3CC3C12. The van der Waals surface area contributed by atoms with Crippen molar-refractivity contribution in [3.8, 4) is 0 Å². The first-order valence-electron chi connectivity index (χ1n) is 4.59. The number of hydrogen-bond donors (Lipinski definition) is 0. The van der Waals surface area contributed by atoms with Gasteiger partial charge in [-0.05, 0) is 18.3 Å².